The van der Waals surface area contributed by atoms with E-state index in [0.29, 0.717) is 33.9 Å². The number of sulfonamides is 1. The van der Waals surface area contributed by atoms with Crippen molar-refractivity contribution in [1.29, 1.82) is 0 Å². The van der Waals surface area contributed by atoms with Gasteiger partial charge in [-0.05, 0) is 55.0 Å². The van der Waals surface area contributed by atoms with Crippen molar-refractivity contribution in [1.82, 2.24) is 4.90 Å². The first-order chi connectivity index (χ1) is 11.3. The monoisotopic (exact) mass is 348 g/mol. The molecule has 5 nitrogen and oxygen atoms in total. The first-order valence-corrected chi connectivity index (χ1v) is 9.71. The summed E-state index contributed by atoms with van der Waals surface area (Å²) < 4.78 is 34.5. The summed E-state index contributed by atoms with van der Waals surface area (Å²) in [6.45, 7) is 7.97. The van der Waals surface area contributed by atoms with E-state index in [1.54, 1.807) is 31.4 Å². The quantitative estimate of drug-likeness (QED) is 0.824. The highest BCUT2D eigenvalue weighted by molar-refractivity contribution is 8.00. The maximum absolute atomic E-state index is 12.6. The van der Waals surface area contributed by atoms with Crippen molar-refractivity contribution >= 4 is 20.8 Å². The molecular formula is C18H24N2O3S. The molecule has 3 rings (SSSR count). The summed E-state index contributed by atoms with van der Waals surface area (Å²) in [6.07, 6.45) is 1.17. The lowest BCUT2D eigenvalue weighted by Crippen LogP contribution is -2.42. The van der Waals surface area contributed by atoms with Gasteiger partial charge in [0.15, 0.2) is 0 Å². The number of nitrogens with zero attached hydrogens (tertiary/aromatic N) is 2. The van der Waals surface area contributed by atoms with E-state index in [9.17, 15) is 8.42 Å². The fourth-order valence-corrected chi connectivity index (χ4v) is 5.25. The van der Waals surface area contributed by atoms with Crippen LogP contribution in [0.2, 0.25) is 0 Å². The van der Waals surface area contributed by atoms with Crippen LogP contribution in [0.3, 0.4) is 0 Å². The topological polar surface area (TPSA) is 59.0 Å². The van der Waals surface area contributed by atoms with Gasteiger partial charge in [-0.1, -0.05) is 13.8 Å². The zero-order chi connectivity index (χ0) is 17.5. The molecule has 2 atom stereocenters. The second-order valence-electron chi connectivity index (χ2n) is 6.92. The Morgan fingerprint density at radius 2 is 1.71 bits per heavy atom. The van der Waals surface area contributed by atoms with Gasteiger partial charge in [0.1, 0.15) is 16.5 Å². The minimum Gasteiger partial charge on any atom is -0.497 e. The molecule has 1 fully saturated rings. The Morgan fingerprint density at radius 1 is 1.12 bits per heavy atom. The van der Waals surface area contributed by atoms with Gasteiger partial charge in [-0.3, -0.25) is 0 Å². The van der Waals surface area contributed by atoms with Crippen molar-refractivity contribution in [3.05, 3.63) is 35.4 Å². The molecule has 6 heteroatoms. The summed E-state index contributed by atoms with van der Waals surface area (Å²) in [4.78, 5) is 2.44. The number of amidine groups is 1. The van der Waals surface area contributed by atoms with Gasteiger partial charge in [0.05, 0.1) is 7.11 Å². The molecule has 2 aliphatic heterocycles. The van der Waals surface area contributed by atoms with Crippen LogP contribution in [0.25, 0.3) is 4.91 Å². The second-order valence-corrected chi connectivity index (χ2v) is 8.46. The van der Waals surface area contributed by atoms with Gasteiger partial charge in [0.25, 0.3) is 10.0 Å². The van der Waals surface area contributed by atoms with Crippen LogP contribution >= 0.6 is 0 Å². The van der Waals surface area contributed by atoms with Crippen LogP contribution in [0.4, 0.5) is 0 Å². The molecule has 2 heterocycles. The molecule has 0 saturated carbocycles. The van der Waals surface area contributed by atoms with Gasteiger partial charge >= 0.3 is 0 Å². The highest BCUT2D eigenvalue weighted by atomic mass is 32.2. The summed E-state index contributed by atoms with van der Waals surface area (Å²) in [6, 6.07) is 7.09. The smallest absolute Gasteiger partial charge is 0.285 e. The van der Waals surface area contributed by atoms with Crippen molar-refractivity contribution in [2.24, 2.45) is 16.2 Å². The molecule has 0 N–H and O–H groups in total. The van der Waals surface area contributed by atoms with Crippen LogP contribution < -0.4 is 4.74 Å². The number of likely N-dealkylation sites (tertiary alicyclic amines) is 1. The van der Waals surface area contributed by atoms with Crippen LogP contribution in [0, 0.1) is 11.8 Å². The molecule has 0 spiro atoms. The molecule has 0 amide bonds. The molecule has 0 aromatic heterocycles. The van der Waals surface area contributed by atoms with Crippen LogP contribution in [0.5, 0.6) is 5.75 Å². The summed E-state index contributed by atoms with van der Waals surface area (Å²) in [5.74, 6) is 2.39. The molecule has 2 aliphatic rings. The fourth-order valence-electron chi connectivity index (χ4n) is 3.76. The summed E-state index contributed by atoms with van der Waals surface area (Å²) >= 11 is 0. The number of rotatable bonds is 2. The van der Waals surface area contributed by atoms with E-state index in [-0.39, 0.29) is 0 Å². The Morgan fingerprint density at radius 3 is 2.25 bits per heavy atom. The molecule has 0 bridgehead atoms. The lowest BCUT2D eigenvalue weighted by Gasteiger charge is -2.36. The van der Waals surface area contributed by atoms with Crippen LogP contribution in [-0.2, 0) is 10.0 Å². The van der Waals surface area contributed by atoms with E-state index in [4.69, 9.17) is 4.74 Å². The highest BCUT2D eigenvalue weighted by Crippen LogP contribution is 2.35. The first-order valence-electron chi connectivity index (χ1n) is 8.27. The SMILES string of the molecule is COc1ccc(C2=C(C)C(N3C[C@@H](C)C[C@H](C)C3)=NS2(=O)=O)cc1. The van der Waals surface area contributed by atoms with E-state index in [1.807, 2.05) is 6.92 Å². The van der Waals surface area contributed by atoms with Gasteiger partial charge in [-0.15, -0.1) is 4.40 Å². The Balaban J connectivity index is 1.99. The third-order valence-corrected chi connectivity index (χ3v) is 6.13. The largest absolute Gasteiger partial charge is 0.497 e. The Hall–Kier alpha value is -1.82. The van der Waals surface area contributed by atoms with Gasteiger partial charge < -0.3 is 9.64 Å². The van der Waals surface area contributed by atoms with Crippen molar-refractivity contribution < 1.29 is 13.2 Å². The molecule has 0 aliphatic carbocycles. The van der Waals surface area contributed by atoms with Gasteiger partial charge in [-0.25, -0.2) is 0 Å². The lowest BCUT2D eigenvalue weighted by molar-refractivity contribution is 0.214. The van der Waals surface area contributed by atoms with E-state index in [2.05, 4.69) is 23.1 Å². The molecule has 130 valence electrons. The predicted octanol–water partition coefficient (Wildman–Crippen LogP) is 3.15. The number of ether oxygens (including phenoxy) is 1. The predicted molar refractivity (Wildman–Crippen MR) is 96.5 cm³/mol. The average molecular weight is 348 g/mol. The standard InChI is InChI=1S/C18H24N2O3S/c1-12-9-13(2)11-20(10-12)18-14(3)17(24(21,22)19-18)15-5-7-16(23-4)8-6-15/h5-8,12-13H,9-11H2,1-4H3/t12-,13-/m0/s1. The van der Waals surface area contributed by atoms with Crippen molar-refractivity contribution in [2.75, 3.05) is 20.2 Å². The van der Waals surface area contributed by atoms with Crippen molar-refractivity contribution in [3.8, 4) is 5.75 Å². The third kappa shape index (κ3) is 3.07. The van der Waals surface area contributed by atoms with E-state index < -0.39 is 10.0 Å². The lowest BCUT2D eigenvalue weighted by atomic mass is 9.91. The molecule has 0 unspecified atom stereocenters. The molecule has 1 aromatic carbocycles. The summed E-state index contributed by atoms with van der Waals surface area (Å²) in [5.41, 5.74) is 1.40. The molecule has 24 heavy (non-hydrogen) atoms. The van der Waals surface area contributed by atoms with E-state index >= 15 is 0 Å². The minimum atomic E-state index is -3.66. The molecule has 1 aromatic rings. The van der Waals surface area contributed by atoms with E-state index in [1.165, 1.54) is 6.42 Å². The Bertz CT molecular complexity index is 784. The van der Waals surface area contributed by atoms with Crippen LogP contribution in [-0.4, -0.2) is 39.4 Å². The number of hydrogen-bond donors (Lipinski definition) is 0. The number of methoxy groups -OCH3 is 1. The molecule has 0 radical (unpaired) electrons. The van der Waals surface area contributed by atoms with Gasteiger partial charge in [0, 0.05) is 18.7 Å². The zero-order valence-electron chi connectivity index (χ0n) is 14.6. The highest BCUT2D eigenvalue weighted by Gasteiger charge is 2.35. The van der Waals surface area contributed by atoms with Crippen LogP contribution in [0.1, 0.15) is 32.8 Å². The van der Waals surface area contributed by atoms with Crippen molar-refractivity contribution in [2.45, 2.75) is 27.2 Å². The maximum atomic E-state index is 12.6. The van der Waals surface area contributed by atoms with Gasteiger partial charge in [-0.2, -0.15) is 8.42 Å². The summed E-state index contributed by atoms with van der Waals surface area (Å²) in [7, 11) is -2.07. The normalized spacial score (nSPS) is 26.5. The summed E-state index contributed by atoms with van der Waals surface area (Å²) in [5, 5.41) is 0. The van der Waals surface area contributed by atoms with Gasteiger partial charge in [0.2, 0.25) is 0 Å². The van der Waals surface area contributed by atoms with Crippen molar-refractivity contribution in [3.63, 3.8) is 0 Å². The zero-order valence-corrected chi connectivity index (χ0v) is 15.4. The minimum absolute atomic E-state index is 0.311. The number of piperidine rings is 1. The van der Waals surface area contributed by atoms with E-state index in [0.717, 1.165) is 18.7 Å². The van der Waals surface area contributed by atoms with Crippen LogP contribution in [0.15, 0.2) is 34.2 Å². The second kappa shape index (κ2) is 6.24. The first kappa shape index (κ1) is 17.0. The Kier molecular flexibility index (Phi) is 4.42. The maximum Gasteiger partial charge on any atom is 0.285 e. The molecular weight excluding hydrogens is 324 g/mol. The fraction of sp³-hybridized carbons (Fsp3) is 0.500. The number of benzene rings is 1. The molecule has 1 saturated heterocycles. The third-order valence-electron chi connectivity index (χ3n) is 4.66. The number of hydrogen-bond acceptors (Lipinski definition) is 4. The Labute approximate surface area is 144 Å². The average Bonchev–Trinajstić information content (AvgIpc) is 2.76.